The molecule has 0 aliphatic carbocycles. The number of hydrogen-bond donors (Lipinski definition) is 1. The van der Waals surface area contributed by atoms with E-state index in [1.165, 1.54) is 11.3 Å². The summed E-state index contributed by atoms with van der Waals surface area (Å²) in [6.45, 7) is 1.60. The molecule has 0 atom stereocenters. The van der Waals surface area contributed by atoms with E-state index in [2.05, 4.69) is 57.0 Å². The minimum atomic E-state index is 0.697. The smallest absolute Gasteiger partial charge is 0.0473 e. The van der Waals surface area contributed by atoms with Gasteiger partial charge in [0.1, 0.15) is 0 Å². The largest absolute Gasteiger partial charge is 0.347 e. The molecule has 0 saturated heterocycles. The Morgan fingerprint density at radius 3 is 2.81 bits per heavy atom. The number of rotatable bonds is 4. The second kappa shape index (κ2) is 5.32. The van der Waals surface area contributed by atoms with E-state index in [-0.39, 0.29) is 0 Å². The molecule has 2 nitrogen and oxygen atoms in total. The number of benzene rings is 1. The summed E-state index contributed by atoms with van der Waals surface area (Å²) in [4.78, 5) is 0. The zero-order valence-corrected chi connectivity index (χ0v) is 10.7. The van der Waals surface area contributed by atoms with Crippen LogP contribution in [0, 0.1) is 0 Å². The highest BCUT2D eigenvalue weighted by Crippen LogP contribution is 2.14. The van der Waals surface area contributed by atoms with Crippen LogP contribution in [0.15, 0.2) is 47.1 Å². The van der Waals surface area contributed by atoms with Crippen LogP contribution < -0.4 is 5.73 Å². The summed E-state index contributed by atoms with van der Waals surface area (Å²) >= 11 is 3.49. The monoisotopic (exact) mass is 278 g/mol. The first kappa shape index (κ1) is 11.4. The van der Waals surface area contributed by atoms with Crippen molar-refractivity contribution in [2.45, 2.75) is 13.0 Å². The molecule has 1 heterocycles. The van der Waals surface area contributed by atoms with Gasteiger partial charge in [0.05, 0.1) is 0 Å². The fourth-order valence-electron chi connectivity index (χ4n) is 1.81. The molecule has 0 aliphatic heterocycles. The summed E-state index contributed by atoms with van der Waals surface area (Å²) in [5.41, 5.74) is 8.17. The molecule has 0 bridgehead atoms. The second-order valence-corrected chi connectivity index (χ2v) is 4.71. The number of aromatic nitrogens is 1. The van der Waals surface area contributed by atoms with Crippen LogP contribution in [0.4, 0.5) is 0 Å². The van der Waals surface area contributed by atoms with Gasteiger partial charge in [-0.1, -0.05) is 28.1 Å². The highest BCUT2D eigenvalue weighted by Gasteiger charge is 2.01. The summed E-state index contributed by atoms with van der Waals surface area (Å²) in [5, 5.41) is 0. The highest BCUT2D eigenvalue weighted by molar-refractivity contribution is 9.10. The van der Waals surface area contributed by atoms with Gasteiger partial charge < -0.3 is 10.3 Å². The predicted molar refractivity (Wildman–Crippen MR) is 70.4 cm³/mol. The van der Waals surface area contributed by atoms with Crippen molar-refractivity contribution in [2.24, 2.45) is 5.73 Å². The standard InChI is InChI=1S/C13H15BrN2/c14-12-4-1-3-11(9-12)10-16-8-2-5-13(16)6-7-15/h1-5,8-9H,6-7,10,15H2. The van der Waals surface area contributed by atoms with E-state index in [4.69, 9.17) is 5.73 Å². The van der Waals surface area contributed by atoms with E-state index in [1.54, 1.807) is 0 Å². The second-order valence-electron chi connectivity index (χ2n) is 3.80. The van der Waals surface area contributed by atoms with Gasteiger partial charge >= 0.3 is 0 Å². The van der Waals surface area contributed by atoms with Gasteiger partial charge in [-0.25, -0.2) is 0 Å². The quantitative estimate of drug-likeness (QED) is 0.916. The van der Waals surface area contributed by atoms with Gasteiger partial charge in [-0.2, -0.15) is 0 Å². The SMILES string of the molecule is NCCc1cccn1Cc1cccc(Br)c1. The Balaban J connectivity index is 2.17. The first-order chi connectivity index (χ1) is 7.79. The molecule has 16 heavy (non-hydrogen) atoms. The van der Waals surface area contributed by atoms with Crippen molar-refractivity contribution < 1.29 is 0 Å². The van der Waals surface area contributed by atoms with Gasteiger partial charge in [-0.3, -0.25) is 0 Å². The van der Waals surface area contributed by atoms with E-state index in [0.717, 1.165) is 17.4 Å². The lowest BCUT2D eigenvalue weighted by Crippen LogP contribution is -2.09. The van der Waals surface area contributed by atoms with E-state index in [0.29, 0.717) is 6.54 Å². The molecule has 2 rings (SSSR count). The van der Waals surface area contributed by atoms with Crippen molar-refractivity contribution in [2.75, 3.05) is 6.54 Å². The minimum Gasteiger partial charge on any atom is -0.347 e. The topological polar surface area (TPSA) is 30.9 Å². The molecule has 0 spiro atoms. The van der Waals surface area contributed by atoms with Crippen molar-refractivity contribution >= 4 is 15.9 Å². The van der Waals surface area contributed by atoms with E-state index >= 15 is 0 Å². The number of nitrogens with zero attached hydrogens (tertiary/aromatic N) is 1. The maximum atomic E-state index is 5.59. The lowest BCUT2D eigenvalue weighted by molar-refractivity contribution is 0.736. The zero-order chi connectivity index (χ0) is 11.4. The summed E-state index contributed by atoms with van der Waals surface area (Å²) in [7, 11) is 0. The third-order valence-electron chi connectivity index (χ3n) is 2.57. The van der Waals surface area contributed by atoms with E-state index in [1.807, 2.05) is 6.07 Å². The van der Waals surface area contributed by atoms with Gasteiger partial charge in [-0.05, 0) is 42.8 Å². The molecule has 0 radical (unpaired) electrons. The number of hydrogen-bond acceptors (Lipinski definition) is 1. The lowest BCUT2D eigenvalue weighted by atomic mass is 10.2. The Kier molecular flexibility index (Phi) is 3.80. The van der Waals surface area contributed by atoms with Crippen molar-refractivity contribution in [3.8, 4) is 0 Å². The molecular weight excluding hydrogens is 264 g/mol. The Hall–Kier alpha value is -1.06. The Morgan fingerprint density at radius 1 is 1.19 bits per heavy atom. The molecule has 3 heteroatoms. The van der Waals surface area contributed by atoms with Crippen LogP contribution in [0.25, 0.3) is 0 Å². The van der Waals surface area contributed by atoms with Gasteiger partial charge in [0, 0.05) is 22.9 Å². The van der Waals surface area contributed by atoms with Gasteiger partial charge in [-0.15, -0.1) is 0 Å². The first-order valence-corrected chi connectivity index (χ1v) is 6.17. The summed E-state index contributed by atoms with van der Waals surface area (Å²) in [6, 6.07) is 12.6. The molecule has 0 saturated carbocycles. The Bertz CT molecular complexity index is 462. The highest BCUT2D eigenvalue weighted by atomic mass is 79.9. The molecule has 0 fully saturated rings. The molecular formula is C13H15BrN2. The fraction of sp³-hybridized carbons (Fsp3) is 0.231. The summed E-state index contributed by atoms with van der Waals surface area (Å²) in [5.74, 6) is 0. The fourth-order valence-corrected chi connectivity index (χ4v) is 2.26. The third kappa shape index (κ3) is 2.74. The molecule has 84 valence electrons. The predicted octanol–water partition coefficient (Wildman–Crippen LogP) is 2.80. The molecule has 0 aliphatic rings. The average molecular weight is 279 g/mol. The molecule has 2 aromatic rings. The van der Waals surface area contributed by atoms with Gasteiger partial charge in [0.15, 0.2) is 0 Å². The van der Waals surface area contributed by atoms with Crippen LogP contribution in [0.1, 0.15) is 11.3 Å². The van der Waals surface area contributed by atoms with Crippen molar-refractivity contribution in [1.29, 1.82) is 0 Å². The van der Waals surface area contributed by atoms with Crippen LogP contribution in [-0.4, -0.2) is 11.1 Å². The summed E-state index contributed by atoms with van der Waals surface area (Å²) < 4.78 is 3.37. The zero-order valence-electron chi connectivity index (χ0n) is 9.07. The van der Waals surface area contributed by atoms with Gasteiger partial charge in [0.2, 0.25) is 0 Å². The normalized spacial score (nSPS) is 10.6. The van der Waals surface area contributed by atoms with Crippen molar-refractivity contribution in [1.82, 2.24) is 4.57 Å². The van der Waals surface area contributed by atoms with Crippen molar-refractivity contribution in [3.63, 3.8) is 0 Å². The Morgan fingerprint density at radius 2 is 2.06 bits per heavy atom. The van der Waals surface area contributed by atoms with E-state index < -0.39 is 0 Å². The molecule has 2 N–H and O–H groups in total. The van der Waals surface area contributed by atoms with Crippen LogP contribution in [0.2, 0.25) is 0 Å². The third-order valence-corrected chi connectivity index (χ3v) is 3.06. The Labute approximate surface area is 104 Å². The molecule has 1 aromatic carbocycles. The van der Waals surface area contributed by atoms with Gasteiger partial charge in [0.25, 0.3) is 0 Å². The van der Waals surface area contributed by atoms with Crippen LogP contribution in [-0.2, 0) is 13.0 Å². The molecule has 0 amide bonds. The average Bonchev–Trinajstić information content (AvgIpc) is 2.66. The molecule has 0 unspecified atom stereocenters. The summed E-state index contributed by atoms with van der Waals surface area (Å²) in [6.07, 6.45) is 3.03. The van der Waals surface area contributed by atoms with E-state index in [9.17, 15) is 0 Å². The minimum absolute atomic E-state index is 0.697. The maximum Gasteiger partial charge on any atom is 0.0473 e. The first-order valence-electron chi connectivity index (χ1n) is 5.38. The van der Waals surface area contributed by atoms with Crippen LogP contribution in [0.5, 0.6) is 0 Å². The molecule has 1 aromatic heterocycles. The van der Waals surface area contributed by atoms with Crippen LogP contribution in [0.3, 0.4) is 0 Å². The van der Waals surface area contributed by atoms with Crippen LogP contribution >= 0.6 is 15.9 Å². The number of nitrogens with two attached hydrogens (primary N) is 1. The van der Waals surface area contributed by atoms with Crippen molar-refractivity contribution in [3.05, 3.63) is 58.3 Å². The lowest BCUT2D eigenvalue weighted by Gasteiger charge is -2.08. The number of halogens is 1. The maximum absolute atomic E-state index is 5.59.